The molecule has 46 heavy (non-hydrogen) atoms. The second kappa shape index (κ2) is 13.6. The number of aromatic nitrogens is 2. The van der Waals surface area contributed by atoms with E-state index in [0.717, 1.165) is 72.3 Å². The maximum Gasteiger partial charge on any atom is 0.255 e. The molecular weight excluding hydrogens is 601 g/mol. The van der Waals surface area contributed by atoms with Crippen molar-refractivity contribution in [2.24, 2.45) is 11.8 Å². The number of rotatable bonds is 10. The van der Waals surface area contributed by atoms with Gasteiger partial charge in [0.15, 0.2) is 11.6 Å². The number of nitrogens with zero attached hydrogens (tertiary/aromatic N) is 5. The van der Waals surface area contributed by atoms with Gasteiger partial charge >= 0.3 is 0 Å². The molecule has 0 unspecified atom stereocenters. The van der Waals surface area contributed by atoms with E-state index in [-0.39, 0.29) is 23.9 Å². The Morgan fingerprint density at radius 3 is 2.43 bits per heavy atom. The standard InChI is InChI=1S/C36H40FN5O3S/c1-40-12-9-25(10-13-40)23-41-14-16-42(17-15-41)36(44)27-5-6-30(39-22-27)34-21-31-35(46-34)33(8-11-38-31)45-32-7-4-26(20-29(32)37)19-28(43)18-24-2-3-24/h4-8,11,20-22,24-25H,2-3,9-10,12-19,23H2,1H3. The van der Waals surface area contributed by atoms with E-state index in [0.29, 0.717) is 29.2 Å². The van der Waals surface area contributed by atoms with E-state index < -0.39 is 5.82 Å². The lowest BCUT2D eigenvalue weighted by atomic mass is 9.96. The number of likely N-dealkylation sites (tertiary alicyclic amines) is 1. The molecule has 10 heteroatoms. The molecule has 1 saturated carbocycles. The Morgan fingerprint density at radius 1 is 0.913 bits per heavy atom. The number of ether oxygens (including phenoxy) is 1. The van der Waals surface area contributed by atoms with E-state index in [1.165, 1.54) is 43.3 Å². The summed E-state index contributed by atoms with van der Waals surface area (Å²) in [7, 11) is 2.20. The Hall–Kier alpha value is -3.73. The molecule has 8 nitrogen and oxygen atoms in total. The van der Waals surface area contributed by atoms with Crippen LogP contribution in [0.25, 0.3) is 20.8 Å². The van der Waals surface area contributed by atoms with Crippen LogP contribution in [0, 0.1) is 17.7 Å². The van der Waals surface area contributed by atoms with Crippen molar-refractivity contribution in [1.82, 2.24) is 24.7 Å². The number of ketones is 1. The van der Waals surface area contributed by atoms with Crippen molar-refractivity contribution in [2.45, 2.75) is 38.5 Å². The van der Waals surface area contributed by atoms with Crippen molar-refractivity contribution in [2.75, 3.05) is 52.9 Å². The van der Waals surface area contributed by atoms with E-state index in [1.807, 2.05) is 23.1 Å². The van der Waals surface area contributed by atoms with E-state index in [1.54, 1.807) is 30.6 Å². The molecule has 0 spiro atoms. The van der Waals surface area contributed by atoms with Gasteiger partial charge in [-0.1, -0.05) is 6.07 Å². The van der Waals surface area contributed by atoms with Gasteiger partial charge in [-0.3, -0.25) is 24.5 Å². The number of piperazine rings is 1. The largest absolute Gasteiger partial charge is 0.453 e. The van der Waals surface area contributed by atoms with Crippen molar-refractivity contribution in [3.63, 3.8) is 0 Å². The maximum atomic E-state index is 15.0. The zero-order chi connectivity index (χ0) is 31.6. The molecule has 2 saturated heterocycles. The van der Waals surface area contributed by atoms with Crippen LogP contribution in [0.3, 0.4) is 0 Å². The number of piperidine rings is 1. The minimum Gasteiger partial charge on any atom is -0.453 e. The van der Waals surface area contributed by atoms with Crippen LogP contribution in [-0.4, -0.2) is 89.2 Å². The zero-order valence-corrected chi connectivity index (χ0v) is 27.1. The summed E-state index contributed by atoms with van der Waals surface area (Å²) in [5, 5.41) is 0. The molecule has 0 radical (unpaired) electrons. The molecule has 1 aromatic carbocycles. The summed E-state index contributed by atoms with van der Waals surface area (Å²) < 4.78 is 21.8. The molecule has 5 heterocycles. The van der Waals surface area contributed by atoms with E-state index in [9.17, 15) is 9.59 Å². The molecule has 1 aliphatic carbocycles. The Bertz CT molecular complexity index is 1710. The lowest BCUT2D eigenvalue weighted by Gasteiger charge is -2.38. The maximum absolute atomic E-state index is 15.0. The highest BCUT2D eigenvalue weighted by atomic mass is 32.1. The predicted molar refractivity (Wildman–Crippen MR) is 178 cm³/mol. The molecule has 240 valence electrons. The van der Waals surface area contributed by atoms with Crippen LogP contribution >= 0.6 is 11.3 Å². The van der Waals surface area contributed by atoms with Crippen LogP contribution in [-0.2, 0) is 11.2 Å². The van der Waals surface area contributed by atoms with Crippen molar-refractivity contribution in [1.29, 1.82) is 0 Å². The Balaban J connectivity index is 0.975. The Labute approximate surface area is 273 Å². The van der Waals surface area contributed by atoms with Crippen molar-refractivity contribution in [3.8, 4) is 22.1 Å². The topological polar surface area (TPSA) is 78.9 Å². The SMILES string of the molecule is CN1CCC(CN2CCN(C(=O)c3ccc(-c4cc5nccc(Oc6ccc(CC(=O)CC7CC7)cc6F)c5s4)nc3)CC2)CC1. The summed E-state index contributed by atoms with van der Waals surface area (Å²) >= 11 is 1.46. The first-order valence-electron chi connectivity index (χ1n) is 16.4. The molecule has 3 aliphatic rings. The number of hydrogen-bond acceptors (Lipinski definition) is 8. The second-order valence-electron chi connectivity index (χ2n) is 13.1. The molecule has 1 amide bonds. The number of halogens is 1. The fraction of sp³-hybridized carbons (Fsp3) is 0.444. The summed E-state index contributed by atoms with van der Waals surface area (Å²) in [6.45, 7) is 6.79. The Kier molecular flexibility index (Phi) is 9.10. The van der Waals surface area contributed by atoms with Gasteiger partial charge in [-0.05, 0) is 93.6 Å². The minimum atomic E-state index is -0.501. The molecule has 0 atom stereocenters. The van der Waals surface area contributed by atoms with Crippen LogP contribution in [0.2, 0.25) is 0 Å². The van der Waals surface area contributed by atoms with Gasteiger partial charge in [0.1, 0.15) is 11.5 Å². The molecule has 0 N–H and O–H groups in total. The number of benzene rings is 1. The van der Waals surface area contributed by atoms with Crippen LogP contribution < -0.4 is 4.74 Å². The van der Waals surface area contributed by atoms with Crippen LogP contribution in [0.1, 0.15) is 48.0 Å². The van der Waals surface area contributed by atoms with E-state index in [4.69, 9.17) is 4.74 Å². The number of carbonyl (C=O) groups excluding carboxylic acids is 2. The normalized spacial score (nSPS) is 18.3. The molecule has 4 aromatic rings. The highest BCUT2D eigenvalue weighted by molar-refractivity contribution is 7.22. The summed E-state index contributed by atoms with van der Waals surface area (Å²) in [4.78, 5) is 42.4. The number of pyridine rings is 2. The van der Waals surface area contributed by atoms with Gasteiger partial charge in [0.05, 0.1) is 26.4 Å². The fourth-order valence-electron chi connectivity index (χ4n) is 6.51. The highest BCUT2D eigenvalue weighted by Gasteiger charge is 2.26. The van der Waals surface area contributed by atoms with Gasteiger partial charge in [-0.2, -0.15) is 0 Å². The summed E-state index contributed by atoms with van der Waals surface area (Å²) in [5.41, 5.74) is 2.70. The number of amides is 1. The average molecular weight is 642 g/mol. The third-order valence-corrected chi connectivity index (χ3v) is 10.6. The van der Waals surface area contributed by atoms with Gasteiger partial charge in [-0.25, -0.2) is 4.39 Å². The first-order valence-corrected chi connectivity index (χ1v) is 17.2. The van der Waals surface area contributed by atoms with Crippen molar-refractivity contribution in [3.05, 3.63) is 71.8 Å². The molecule has 7 rings (SSSR count). The monoisotopic (exact) mass is 641 g/mol. The first kappa shape index (κ1) is 30.9. The minimum absolute atomic E-state index is 0.0204. The summed E-state index contributed by atoms with van der Waals surface area (Å²) in [5.74, 6) is 1.55. The lowest BCUT2D eigenvalue weighted by molar-refractivity contribution is -0.118. The van der Waals surface area contributed by atoms with Crippen LogP contribution in [0.15, 0.2) is 54.9 Å². The van der Waals surface area contributed by atoms with Gasteiger partial charge < -0.3 is 14.5 Å². The van der Waals surface area contributed by atoms with Crippen molar-refractivity contribution < 1.29 is 18.7 Å². The molecule has 3 aromatic heterocycles. The molecule has 3 fully saturated rings. The predicted octanol–water partition coefficient (Wildman–Crippen LogP) is 6.30. The van der Waals surface area contributed by atoms with Gasteiger partial charge in [0.2, 0.25) is 0 Å². The third kappa shape index (κ3) is 7.29. The van der Waals surface area contributed by atoms with E-state index >= 15 is 4.39 Å². The number of hydrogen-bond donors (Lipinski definition) is 0. The van der Waals surface area contributed by atoms with Crippen molar-refractivity contribution >= 4 is 33.2 Å². The van der Waals surface area contributed by atoms with Gasteiger partial charge in [0, 0.05) is 64.0 Å². The number of Topliss-reactive ketones (excluding diaryl/α,β-unsaturated/α-hetero) is 1. The van der Waals surface area contributed by atoms with Gasteiger partial charge in [-0.15, -0.1) is 11.3 Å². The third-order valence-electron chi connectivity index (χ3n) is 9.48. The lowest BCUT2D eigenvalue weighted by Crippen LogP contribution is -2.50. The Morgan fingerprint density at radius 2 is 1.72 bits per heavy atom. The second-order valence-corrected chi connectivity index (χ2v) is 14.2. The summed E-state index contributed by atoms with van der Waals surface area (Å²) in [6, 6.07) is 12.1. The first-order chi connectivity index (χ1) is 22.4. The number of fused-ring (bicyclic) bond motifs is 1. The van der Waals surface area contributed by atoms with Crippen LogP contribution in [0.5, 0.6) is 11.5 Å². The fourth-order valence-corrected chi connectivity index (χ4v) is 7.56. The number of thiophene rings is 1. The van der Waals surface area contributed by atoms with Gasteiger partial charge in [0.25, 0.3) is 5.91 Å². The molecular formula is C36H40FN5O3S. The quantitative estimate of drug-likeness (QED) is 0.201. The van der Waals surface area contributed by atoms with E-state index in [2.05, 4.69) is 26.8 Å². The summed E-state index contributed by atoms with van der Waals surface area (Å²) in [6.07, 6.45) is 8.88. The highest BCUT2D eigenvalue weighted by Crippen LogP contribution is 2.39. The number of carbonyl (C=O) groups is 2. The smallest absolute Gasteiger partial charge is 0.255 e. The van der Waals surface area contributed by atoms with Crippen LogP contribution in [0.4, 0.5) is 4.39 Å². The average Bonchev–Trinajstić information content (AvgIpc) is 3.76. The zero-order valence-electron chi connectivity index (χ0n) is 26.3. The molecule has 0 bridgehead atoms. The molecule has 2 aliphatic heterocycles.